The van der Waals surface area contributed by atoms with Gasteiger partial charge in [0.15, 0.2) is 0 Å². The maximum absolute atomic E-state index is 11.4. The van der Waals surface area contributed by atoms with Gasteiger partial charge in [0, 0.05) is 5.56 Å². The van der Waals surface area contributed by atoms with Gasteiger partial charge in [0.2, 0.25) is 5.91 Å². The lowest BCUT2D eigenvalue weighted by molar-refractivity contribution is -0.117. The van der Waals surface area contributed by atoms with Crippen LogP contribution in [0.2, 0.25) is 0 Å². The summed E-state index contributed by atoms with van der Waals surface area (Å²) in [6, 6.07) is -0.456. The van der Waals surface area contributed by atoms with Gasteiger partial charge in [-0.2, -0.15) is 5.10 Å². The molecule has 0 saturated heterocycles. The molecule has 78 valence electrons. The van der Waals surface area contributed by atoms with Crippen molar-refractivity contribution in [1.82, 2.24) is 10.2 Å². The van der Waals surface area contributed by atoms with E-state index in [-0.39, 0.29) is 5.91 Å². The predicted molar refractivity (Wildman–Crippen MR) is 54.9 cm³/mol. The van der Waals surface area contributed by atoms with Gasteiger partial charge in [0.05, 0.1) is 12.2 Å². The quantitative estimate of drug-likeness (QED) is 0.661. The van der Waals surface area contributed by atoms with Crippen LogP contribution in [-0.4, -0.2) is 22.1 Å². The van der Waals surface area contributed by atoms with E-state index in [1.54, 1.807) is 6.20 Å². The number of rotatable bonds is 4. The number of aryl methyl sites for hydroxylation is 1. The van der Waals surface area contributed by atoms with Gasteiger partial charge in [-0.05, 0) is 12.8 Å². The van der Waals surface area contributed by atoms with E-state index in [2.05, 4.69) is 15.5 Å². The summed E-state index contributed by atoms with van der Waals surface area (Å²) in [7, 11) is 0. The minimum absolute atomic E-state index is 0.175. The minimum Gasteiger partial charge on any atom is -0.320 e. The van der Waals surface area contributed by atoms with Crippen molar-refractivity contribution >= 4 is 11.7 Å². The Morgan fingerprint density at radius 3 is 3.00 bits per heavy atom. The Kier molecular flexibility index (Phi) is 3.64. The molecule has 0 aliphatic carbocycles. The third kappa shape index (κ3) is 2.32. The third-order valence-electron chi connectivity index (χ3n) is 2.12. The van der Waals surface area contributed by atoms with Crippen LogP contribution in [-0.2, 0) is 11.2 Å². The molecule has 5 nitrogen and oxygen atoms in total. The maximum Gasteiger partial charge on any atom is 0.242 e. The number of amides is 1. The van der Waals surface area contributed by atoms with Gasteiger partial charge in [-0.3, -0.25) is 9.89 Å². The fourth-order valence-electron chi connectivity index (χ4n) is 1.09. The number of H-pyrrole nitrogens is 1. The first-order chi connectivity index (χ1) is 6.69. The van der Waals surface area contributed by atoms with Crippen LogP contribution in [0.15, 0.2) is 6.20 Å². The second kappa shape index (κ2) is 4.76. The van der Waals surface area contributed by atoms with Crippen molar-refractivity contribution in [1.29, 1.82) is 0 Å². The number of nitrogens with zero attached hydrogens (tertiary/aromatic N) is 1. The van der Waals surface area contributed by atoms with Crippen molar-refractivity contribution in [2.24, 2.45) is 5.73 Å². The molecule has 0 saturated carbocycles. The van der Waals surface area contributed by atoms with E-state index < -0.39 is 6.04 Å². The van der Waals surface area contributed by atoms with E-state index in [9.17, 15) is 4.79 Å². The number of hydrogen-bond acceptors (Lipinski definition) is 3. The maximum atomic E-state index is 11.4. The highest BCUT2D eigenvalue weighted by molar-refractivity contribution is 5.94. The highest BCUT2D eigenvalue weighted by Gasteiger charge is 2.13. The first kappa shape index (κ1) is 10.7. The molecule has 1 rings (SSSR count). The monoisotopic (exact) mass is 196 g/mol. The van der Waals surface area contributed by atoms with E-state index in [1.165, 1.54) is 0 Å². The van der Waals surface area contributed by atoms with Gasteiger partial charge in [0.1, 0.15) is 5.82 Å². The number of nitrogens with two attached hydrogens (primary N) is 1. The van der Waals surface area contributed by atoms with Crippen LogP contribution in [0, 0.1) is 0 Å². The molecular weight excluding hydrogens is 180 g/mol. The van der Waals surface area contributed by atoms with E-state index >= 15 is 0 Å². The van der Waals surface area contributed by atoms with E-state index in [1.807, 2.05) is 13.8 Å². The molecule has 1 heterocycles. The number of anilines is 1. The molecule has 0 aliphatic rings. The van der Waals surface area contributed by atoms with Crippen LogP contribution in [0.3, 0.4) is 0 Å². The summed E-state index contributed by atoms with van der Waals surface area (Å²) >= 11 is 0. The zero-order chi connectivity index (χ0) is 10.6. The predicted octanol–water partition coefficient (Wildman–Crippen LogP) is 0.648. The van der Waals surface area contributed by atoms with Crippen LogP contribution in [0.1, 0.15) is 25.8 Å². The fourth-order valence-corrected chi connectivity index (χ4v) is 1.09. The largest absolute Gasteiger partial charge is 0.320 e. The Labute approximate surface area is 83.1 Å². The smallest absolute Gasteiger partial charge is 0.242 e. The molecule has 0 bridgehead atoms. The van der Waals surface area contributed by atoms with Crippen LogP contribution < -0.4 is 11.1 Å². The number of aromatic amines is 1. The van der Waals surface area contributed by atoms with Gasteiger partial charge in [-0.1, -0.05) is 13.8 Å². The average molecular weight is 196 g/mol. The Morgan fingerprint density at radius 2 is 2.43 bits per heavy atom. The van der Waals surface area contributed by atoms with Gasteiger partial charge >= 0.3 is 0 Å². The second-order valence-electron chi connectivity index (χ2n) is 3.13. The number of hydrogen-bond donors (Lipinski definition) is 3. The summed E-state index contributed by atoms with van der Waals surface area (Å²) < 4.78 is 0. The summed E-state index contributed by atoms with van der Waals surface area (Å²) in [6.45, 7) is 3.87. The third-order valence-corrected chi connectivity index (χ3v) is 2.12. The topological polar surface area (TPSA) is 83.8 Å². The van der Waals surface area contributed by atoms with Gasteiger partial charge in [-0.25, -0.2) is 0 Å². The zero-order valence-corrected chi connectivity index (χ0v) is 8.50. The van der Waals surface area contributed by atoms with Crippen molar-refractivity contribution in [3.63, 3.8) is 0 Å². The van der Waals surface area contributed by atoms with Gasteiger partial charge in [-0.15, -0.1) is 0 Å². The van der Waals surface area contributed by atoms with E-state index in [0.717, 1.165) is 12.0 Å². The molecule has 1 atom stereocenters. The molecule has 0 radical (unpaired) electrons. The molecular formula is C9H16N4O. The summed E-state index contributed by atoms with van der Waals surface area (Å²) in [4.78, 5) is 11.4. The van der Waals surface area contributed by atoms with Crippen molar-refractivity contribution in [2.75, 3.05) is 5.32 Å². The number of carbonyl (C=O) groups excluding carboxylic acids is 1. The van der Waals surface area contributed by atoms with Crippen molar-refractivity contribution in [2.45, 2.75) is 32.7 Å². The number of aromatic nitrogens is 2. The Hall–Kier alpha value is -1.36. The van der Waals surface area contributed by atoms with Gasteiger partial charge < -0.3 is 11.1 Å². The second-order valence-corrected chi connectivity index (χ2v) is 3.13. The molecule has 0 aromatic carbocycles. The summed E-state index contributed by atoms with van der Waals surface area (Å²) in [5, 5.41) is 9.29. The van der Waals surface area contributed by atoms with Crippen molar-refractivity contribution in [3.05, 3.63) is 11.8 Å². The molecule has 1 amide bonds. The van der Waals surface area contributed by atoms with Crippen LogP contribution in [0.4, 0.5) is 5.82 Å². The molecule has 0 unspecified atom stereocenters. The van der Waals surface area contributed by atoms with Gasteiger partial charge in [0.25, 0.3) is 0 Å². The molecule has 0 aliphatic heterocycles. The summed E-state index contributed by atoms with van der Waals surface area (Å²) in [5.74, 6) is 0.479. The number of nitrogens with one attached hydrogen (secondary N) is 2. The first-order valence-corrected chi connectivity index (χ1v) is 4.77. The van der Waals surface area contributed by atoms with Crippen LogP contribution in [0.25, 0.3) is 0 Å². The van der Waals surface area contributed by atoms with Crippen LogP contribution >= 0.6 is 0 Å². The Morgan fingerprint density at radius 1 is 1.71 bits per heavy atom. The van der Waals surface area contributed by atoms with Crippen molar-refractivity contribution < 1.29 is 4.79 Å². The Bertz CT molecular complexity index is 308. The standard InChI is InChI=1S/C9H16N4O/c1-3-6-5-11-13-8(6)12-9(14)7(10)4-2/h5,7H,3-4,10H2,1-2H3,(H2,11,12,13,14)/t7-/m1/s1. The highest BCUT2D eigenvalue weighted by atomic mass is 16.2. The number of carbonyl (C=O) groups is 1. The normalized spacial score (nSPS) is 12.5. The molecule has 0 spiro atoms. The molecule has 5 heteroatoms. The zero-order valence-electron chi connectivity index (χ0n) is 8.50. The SMILES string of the molecule is CCc1cn[nH]c1NC(=O)[C@H](N)CC. The molecule has 1 aromatic heterocycles. The lowest BCUT2D eigenvalue weighted by Gasteiger charge is -2.09. The average Bonchev–Trinajstić information content (AvgIpc) is 2.63. The molecule has 0 fully saturated rings. The van der Waals surface area contributed by atoms with Crippen molar-refractivity contribution in [3.8, 4) is 0 Å². The minimum atomic E-state index is -0.456. The van der Waals surface area contributed by atoms with E-state index in [0.29, 0.717) is 12.2 Å². The highest BCUT2D eigenvalue weighted by Crippen LogP contribution is 2.11. The van der Waals surface area contributed by atoms with E-state index in [4.69, 9.17) is 5.73 Å². The summed E-state index contributed by atoms with van der Waals surface area (Å²) in [5.41, 5.74) is 6.57. The fraction of sp³-hybridized carbons (Fsp3) is 0.556. The summed E-state index contributed by atoms with van der Waals surface area (Å²) in [6.07, 6.45) is 3.15. The lowest BCUT2D eigenvalue weighted by atomic mass is 10.2. The molecule has 1 aromatic rings. The molecule has 4 N–H and O–H groups in total. The first-order valence-electron chi connectivity index (χ1n) is 4.77. The Balaban J connectivity index is 2.64. The van der Waals surface area contributed by atoms with Crippen LogP contribution in [0.5, 0.6) is 0 Å². The molecule has 14 heavy (non-hydrogen) atoms. The lowest BCUT2D eigenvalue weighted by Crippen LogP contribution is -2.35.